The van der Waals surface area contributed by atoms with Crippen molar-refractivity contribution in [2.75, 3.05) is 20.8 Å². The van der Waals surface area contributed by atoms with Gasteiger partial charge >= 0.3 is 0 Å². The Bertz CT molecular complexity index is 930. The molecule has 2 amide bonds. The average molecular weight is 414 g/mol. The Kier molecular flexibility index (Phi) is 6.66. The molecule has 0 aromatic heterocycles. The summed E-state index contributed by atoms with van der Waals surface area (Å²) in [7, 11) is 3.13. The van der Waals surface area contributed by atoms with E-state index in [1.54, 1.807) is 26.4 Å². The molecule has 0 saturated heterocycles. The molecule has 0 bridgehead atoms. The Balaban J connectivity index is 1.87. The molecule has 2 N–H and O–H groups in total. The van der Waals surface area contributed by atoms with E-state index in [-0.39, 0.29) is 11.8 Å². The third-order valence-corrected chi connectivity index (χ3v) is 4.66. The summed E-state index contributed by atoms with van der Waals surface area (Å²) in [4.78, 5) is 22.8. The van der Waals surface area contributed by atoms with E-state index in [4.69, 9.17) is 18.9 Å². The maximum Gasteiger partial charge on any atom is 0.219 e. The smallest absolute Gasteiger partial charge is 0.219 e. The molecule has 2 atom stereocenters. The second kappa shape index (κ2) is 9.39. The Hall–Kier alpha value is -3.42. The molecule has 2 aromatic carbocycles. The van der Waals surface area contributed by atoms with Crippen LogP contribution in [0.1, 0.15) is 31.1 Å². The highest BCUT2D eigenvalue weighted by Gasteiger charge is 2.34. The lowest BCUT2D eigenvalue weighted by Gasteiger charge is -2.34. The number of amides is 2. The van der Waals surface area contributed by atoms with Gasteiger partial charge in [-0.2, -0.15) is 0 Å². The summed E-state index contributed by atoms with van der Waals surface area (Å²) in [5, 5.41) is 5.57. The Morgan fingerprint density at radius 1 is 0.933 bits per heavy atom. The predicted octanol–water partition coefficient (Wildman–Crippen LogP) is 2.36. The largest absolute Gasteiger partial charge is 0.493 e. The van der Waals surface area contributed by atoms with Crippen molar-refractivity contribution in [3.05, 3.63) is 47.5 Å². The normalized spacial score (nSPS) is 17.1. The van der Waals surface area contributed by atoms with Crippen LogP contribution < -0.4 is 29.6 Å². The van der Waals surface area contributed by atoms with Crippen LogP contribution in [0.4, 0.5) is 0 Å². The predicted molar refractivity (Wildman–Crippen MR) is 110 cm³/mol. The number of hydrogen-bond acceptors (Lipinski definition) is 6. The maximum absolute atomic E-state index is 11.8. The highest BCUT2D eigenvalue weighted by atomic mass is 16.6. The van der Waals surface area contributed by atoms with Crippen molar-refractivity contribution in [3.8, 4) is 23.0 Å². The van der Waals surface area contributed by atoms with Crippen molar-refractivity contribution in [1.29, 1.82) is 0 Å². The zero-order chi connectivity index (χ0) is 21.7. The minimum absolute atomic E-state index is 0.0731. The number of methoxy groups -OCH3 is 2. The number of ether oxygens (including phenoxy) is 4. The summed E-state index contributed by atoms with van der Waals surface area (Å²) in [6.45, 7) is 3.43. The number of benzene rings is 2. The van der Waals surface area contributed by atoms with Crippen LogP contribution in [0.2, 0.25) is 0 Å². The Labute approximate surface area is 175 Å². The van der Waals surface area contributed by atoms with Crippen molar-refractivity contribution in [3.63, 3.8) is 0 Å². The monoisotopic (exact) mass is 414 g/mol. The minimum Gasteiger partial charge on any atom is -0.493 e. The van der Waals surface area contributed by atoms with E-state index in [2.05, 4.69) is 10.6 Å². The molecule has 3 rings (SSSR count). The fourth-order valence-corrected chi connectivity index (χ4v) is 3.26. The molecular formula is C22H26N2O6. The van der Waals surface area contributed by atoms with E-state index >= 15 is 0 Å². The van der Waals surface area contributed by atoms with E-state index < -0.39 is 12.3 Å². The van der Waals surface area contributed by atoms with Crippen molar-refractivity contribution in [2.45, 2.75) is 32.6 Å². The number of hydrogen-bond donors (Lipinski definition) is 2. The van der Waals surface area contributed by atoms with E-state index in [0.717, 1.165) is 11.1 Å². The highest BCUT2D eigenvalue weighted by molar-refractivity contribution is 5.73. The topological polar surface area (TPSA) is 95.1 Å². The number of carbonyl (C=O) groups is 2. The van der Waals surface area contributed by atoms with Crippen molar-refractivity contribution in [2.24, 2.45) is 0 Å². The lowest BCUT2D eigenvalue weighted by atomic mass is 10.0. The summed E-state index contributed by atoms with van der Waals surface area (Å²) < 4.78 is 23.0. The minimum atomic E-state index is -0.723. The second-order valence-electron chi connectivity index (χ2n) is 6.91. The number of fused-ring (bicyclic) bond motifs is 1. The van der Waals surface area contributed by atoms with Crippen LogP contribution in [0.5, 0.6) is 23.0 Å². The molecule has 1 heterocycles. The second-order valence-corrected chi connectivity index (χ2v) is 6.91. The van der Waals surface area contributed by atoms with Crippen LogP contribution in [-0.2, 0) is 16.0 Å². The number of rotatable bonds is 7. The fraction of sp³-hybridized carbons (Fsp3) is 0.364. The summed E-state index contributed by atoms with van der Waals surface area (Å²) in [6.07, 6.45) is -0.648. The molecule has 0 radical (unpaired) electrons. The Morgan fingerprint density at radius 2 is 1.70 bits per heavy atom. The third-order valence-electron chi connectivity index (χ3n) is 4.66. The van der Waals surface area contributed by atoms with E-state index in [1.165, 1.54) is 13.8 Å². The van der Waals surface area contributed by atoms with Gasteiger partial charge in [0, 0.05) is 26.0 Å². The molecule has 8 nitrogen and oxygen atoms in total. The fourth-order valence-electron chi connectivity index (χ4n) is 3.26. The van der Waals surface area contributed by atoms with Gasteiger partial charge in [-0.25, -0.2) is 0 Å². The van der Waals surface area contributed by atoms with Gasteiger partial charge in [0.05, 0.1) is 14.2 Å². The molecule has 0 aliphatic carbocycles. The molecule has 0 fully saturated rings. The van der Waals surface area contributed by atoms with Crippen LogP contribution in [0.15, 0.2) is 36.4 Å². The van der Waals surface area contributed by atoms with Gasteiger partial charge in [-0.1, -0.05) is 12.1 Å². The van der Waals surface area contributed by atoms with Crippen LogP contribution >= 0.6 is 0 Å². The van der Waals surface area contributed by atoms with E-state index in [1.807, 2.05) is 24.3 Å². The molecule has 1 aliphatic heterocycles. The van der Waals surface area contributed by atoms with Crippen molar-refractivity contribution >= 4 is 11.8 Å². The first-order chi connectivity index (χ1) is 14.4. The summed E-state index contributed by atoms with van der Waals surface area (Å²) in [6, 6.07) is 11.0. The SMILES string of the molecule is COc1ccc([C@H]2Oc3ccc(CCNC(C)=O)cc3O[C@@H]2NC(C)=O)cc1OC. The van der Waals surface area contributed by atoms with Crippen LogP contribution in [0.25, 0.3) is 0 Å². The highest BCUT2D eigenvalue weighted by Crippen LogP contribution is 2.41. The van der Waals surface area contributed by atoms with Gasteiger partial charge in [-0.05, 0) is 36.2 Å². The molecule has 30 heavy (non-hydrogen) atoms. The first-order valence-electron chi connectivity index (χ1n) is 9.61. The van der Waals surface area contributed by atoms with E-state index in [0.29, 0.717) is 36.0 Å². The van der Waals surface area contributed by atoms with Gasteiger partial charge in [0.2, 0.25) is 18.0 Å². The van der Waals surface area contributed by atoms with Crippen molar-refractivity contribution in [1.82, 2.24) is 10.6 Å². The summed E-state index contributed by atoms with van der Waals surface area (Å²) >= 11 is 0. The van der Waals surface area contributed by atoms with Gasteiger partial charge in [-0.3, -0.25) is 9.59 Å². The summed E-state index contributed by atoms with van der Waals surface area (Å²) in [5.41, 5.74) is 1.75. The van der Waals surface area contributed by atoms with Gasteiger partial charge in [0.1, 0.15) is 0 Å². The van der Waals surface area contributed by atoms with Crippen LogP contribution in [0, 0.1) is 0 Å². The molecule has 0 saturated carbocycles. The van der Waals surface area contributed by atoms with Crippen LogP contribution in [0.3, 0.4) is 0 Å². The lowest BCUT2D eigenvalue weighted by Crippen LogP contribution is -2.46. The first kappa shape index (κ1) is 21.3. The zero-order valence-corrected chi connectivity index (χ0v) is 17.5. The molecule has 8 heteroatoms. The molecule has 1 aliphatic rings. The van der Waals surface area contributed by atoms with Gasteiger partial charge in [0.25, 0.3) is 0 Å². The number of carbonyl (C=O) groups excluding carboxylic acids is 2. The molecule has 2 aromatic rings. The Morgan fingerprint density at radius 3 is 2.37 bits per heavy atom. The number of nitrogens with one attached hydrogen (secondary N) is 2. The molecular weight excluding hydrogens is 388 g/mol. The van der Waals surface area contributed by atoms with Gasteiger partial charge in [-0.15, -0.1) is 0 Å². The standard InChI is InChI=1S/C22H26N2O6/c1-13(25)23-10-9-15-5-7-18-20(11-15)30-22(24-14(2)26)21(29-18)16-6-8-17(27-3)19(12-16)28-4/h5-8,11-12,21-22H,9-10H2,1-4H3,(H,23,25)(H,24,26)/t21-,22+/m1/s1. The molecule has 160 valence electrons. The van der Waals surface area contributed by atoms with Crippen molar-refractivity contribution < 1.29 is 28.5 Å². The molecule has 0 spiro atoms. The van der Waals surface area contributed by atoms with Gasteiger partial charge in [0.15, 0.2) is 29.1 Å². The summed E-state index contributed by atoms with van der Waals surface area (Å²) in [5.74, 6) is 1.94. The average Bonchev–Trinajstić information content (AvgIpc) is 2.72. The zero-order valence-electron chi connectivity index (χ0n) is 17.5. The van der Waals surface area contributed by atoms with E-state index in [9.17, 15) is 9.59 Å². The maximum atomic E-state index is 11.8. The molecule has 0 unspecified atom stereocenters. The first-order valence-corrected chi connectivity index (χ1v) is 9.61. The lowest BCUT2D eigenvalue weighted by molar-refractivity contribution is -0.124. The quantitative estimate of drug-likeness (QED) is 0.722. The third kappa shape index (κ3) is 4.94. The van der Waals surface area contributed by atoms with Crippen LogP contribution in [-0.4, -0.2) is 38.8 Å². The van der Waals surface area contributed by atoms with Gasteiger partial charge < -0.3 is 29.6 Å².